The van der Waals surface area contributed by atoms with Gasteiger partial charge >= 0.3 is 0 Å². The Kier molecular flexibility index (Phi) is 4.94. The molecule has 3 heteroatoms. The molecular weight excluding hydrogens is 328 g/mol. The minimum atomic E-state index is -2.47. The first-order valence-corrected chi connectivity index (χ1v) is 9.56. The fraction of sp³-hybridized carbons (Fsp3) is 0.522. The normalized spacial score (nSPS) is 18.1. The van der Waals surface area contributed by atoms with Crippen LogP contribution in [0.2, 0.25) is 0 Å². The van der Waals surface area contributed by atoms with Crippen LogP contribution >= 0.6 is 0 Å². The molecule has 2 aromatic rings. The van der Waals surface area contributed by atoms with E-state index < -0.39 is 5.92 Å². The molecule has 1 nitrogen and oxygen atoms in total. The summed E-state index contributed by atoms with van der Waals surface area (Å²) in [6.07, 6.45) is 3.30. The number of rotatable bonds is 2. The number of aromatic nitrogens is 1. The van der Waals surface area contributed by atoms with Crippen molar-refractivity contribution >= 4 is 0 Å². The molecule has 1 aromatic heterocycles. The predicted molar refractivity (Wildman–Crippen MR) is 103 cm³/mol. The van der Waals surface area contributed by atoms with Crippen LogP contribution in [-0.2, 0) is 12.5 Å². The average Bonchev–Trinajstić information content (AvgIpc) is 2.54. The molecule has 0 unspecified atom stereocenters. The van der Waals surface area contributed by atoms with Crippen LogP contribution in [0.25, 0.3) is 11.3 Å². The van der Waals surface area contributed by atoms with Crippen molar-refractivity contribution < 1.29 is 13.3 Å². The van der Waals surface area contributed by atoms with E-state index in [0.717, 1.165) is 5.69 Å². The van der Waals surface area contributed by atoms with Gasteiger partial charge in [-0.25, -0.2) is 13.3 Å². The van der Waals surface area contributed by atoms with Crippen LogP contribution in [0.15, 0.2) is 36.5 Å². The van der Waals surface area contributed by atoms with Crippen molar-refractivity contribution in [1.29, 1.82) is 0 Å². The molecular formula is C23H30F2N+. The highest BCUT2D eigenvalue weighted by molar-refractivity contribution is 5.62. The molecule has 3 rings (SSSR count). The van der Waals surface area contributed by atoms with E-state index in [1.54, 1.807) is 0 Å². The van der Waals surface area contributed by atoms with Crippen molar-refractivity contribution in [3.63, 3.8) is 0 Å². The number of halogens is 2. The summed E-state index contributed by atoms with van der Waals surface area (Å²) in [7, 11) is 2.05. The molecule has 1 fully saturated rings. The Morgan fingerprint density at radius 2 is 1.69 bits per heavy atom. The van der Waals surface area contributed by atoms with Gasteiger partial charge in [-0.2, -0.15) is 0 Å². The molecule has 1 aliphatic rings. The van der Waals surface area contributed by atoms with Gasteiger partial charge in [0.15, 0.2) is 6.20 Å². The SMILES string of the molecule is Cc1cc(C(C)(C)C)ccc1-c1ccc(C2CCC(F)(F)CC2)c[n+]1C. The Morgan fingerprint density at radius 3 is 2.23 bits per heavy atom. The van der Waals surface area contributed by atoms with E-state index in [1.165, 1.54) is 22.3 Å². The van der Waals surface area contributed by atoms with Gasteiger partial charge in [-0.05, 0) is 54.4 Å². The van der Waals surface area contributed by atoms with E-state index in [0.29, 0.717) is 12.8 Å². The van der Waals surface area contributed by atoms with Gasteiger partial charge in [-0.3, -0.25) is 0 Å². The molecule has 26 heavy (non-hydrogen) atoms. The lowest BCUT2D eigenvalue weighted by molar-refractivity contribution is -0.660. The van der Waals surface area contributed by atoms with Gasteiger partial charge in [0.2, 0.25) is 11.6 Å². The summed E-state index contributed by atoms with van der Waals surface area (Å²) in [4.78, 5) is 0. The fourth-order valence-electron chi connectivity index (χ4n) is 3.94. The van der Waals surface area contributed by atoms with Gasteiger partial charge in [0.05, 0.1) is 0 Å². The topological polar surface area (TPSA) is 3.88 Å². The van der Waals surface area contributed by atoms with Gasteiger partial charge in [0, 0.05) is 30.0 Å². The lowest BCUT2D eigenvalue weighted by atomic mass is 9.82. The molecule has 1 aliphatic carbocycles. The van der Waals surface area contributed by atoms with E-state index in [9.17, 15) is 8.78 Å². The largest absolute Gasteiger partial charge is 0.248 e. The molecule has 0 spiro atoms. The second-order valence-electron chi connectivity index (χ2n) is 8.87. The molecule has 0 radical (unpaired) electrons. The van der Waals surface area contributed by atoms with Gasteiger partial charge in [-0.1, -0.05) is 32.9 Å². The standard InChI is InChI=1S/C23H30F2N/c1-16-14-19(22(2,3)4)7-8-20(16)21-9-6-18(15-26(21)5)17-10-12-23(24,25)13-11-17/h6-9,14-15,17H,10-13H2,1-5H3/q+1. The van der Waals surface area contributed by atoms with Crippen LogP contribution in [0, 0.1) is 6.92 Å². The minimum Gasteiger partial charge on any atom is -0.207 e. The number of alkyl halides is 2. The van der Waals surface area contributed by atoms with Gasteiger partial charge in [-0.15, -0.1) is 0 Å². The van der Waals surface area contributed by atoms with Gasteiger partial charge in [0.25, 0.3) is 0 Å². The number of hydrogen-bond donors (Lipinski definition) is 0. The average molecular weight is 358 g/mol. The third-order valence-electron chi connectivity index (χ3n) is 5.71. The van der Waals surface area contributed by atoms with Crippen LogP contribution in [0.1, 0.15) is 69.1 Å². The molecule has 0 bridgehead atoms. The van der Waals surface area contributed by atoms with Crippen molar-refractivity contribution in [2.24, 2.45) is 7.05 Å². The summed E-state index contributed by atoms with van der Waals surface area (Å²) in [5.41, 5.74) is 6.29. The molecule has 0 N–H and O–H groups in total. The highest BCUT2D eigenvalue weighted by Gasteiger charge is 2.36. The number of nitrogens with zero attached hydrogens (tertiary/aromatic N) is 1. The summed E-state index contributed by atoms with van der Waals surface area (Å²) in [6, 6.07) is 10.9. The summed E-state index contributed by atoms with van der Waals surface area (Å²) >= 11 is 0. The van der Waals surface area contributed by atoms with E-state index in [-0.39, 0.29) is 24.2 Å². The third-order valence-corrected chi connectivity index (χ3v) is 5.71. The monoisotopic (exact) mass is 358 g/mol. The summed E-state index contributed by atoms with van der Waals surface area (Å²) in [5.74, 6) is -2.22. The van der Waals surface area contributed by atoms with Gasteiger partial charge in [0.1, 0.15) is 7.05 Å². The second kappa shape index (κ2) is 6.75. The van der Waals surface area contributed by atoms with Crippen LogP contribution in [-0.4, -0.2) is 5.92 Å². The molecule has 0 saturated heterocycles. The molecule has 0 aliphatic heterocycles. The highest BCUT2D eigenvalue weighted by atomic mass is 19.3. The summed E-state index contributed by atoms with van der Waals surface area (Å²) in [5, 5.41) is 0. The Bertz CT molecular complexity index is 792. The maximum atomic E-state index is 13.4. The van der Waals surface area contributed by atoms with Crippen LogP contribution < -0.4 is 4.57 Å². The van der Waals surface area contributed by atoms with Crippen LogP contribution in [0.4, 0.5) is 8.78 Å². The van der Waals surface area contributed by atoms with E-state index >= 15 is 0 Å². The maximum Gasteiger partial charge on any atom is 0.248 e. The van der Waals surface area contributed by atoms with Gasteiger partial charge < -0.3 is 0 Å². The summed E-state index contributed by atoms with van der Waals surface area (Å²) in [6.45, 7) is 8.83. The fourth-order valence-corrected chi connectivity index (χ4v) is 3.94. The number of aryl methyl sites for hydroxylation is 2. The quantitative estimate of drug-likeness (QED) is 0.573. The van der Waals surface area contributed by atoms with E-state index in [4.69, 9.17) is 0 Å². The highest BCUT2D eigenvalue weighted by Crippen LogP contribution is 2.40. The first kappa shape index (κ1) is 19.0. The zero-order valence-electron chi connectivity index (χ0n) is 16.6. The van der Waals surface area contributed by atoms with Crippen LogP contribution in [0.3, 0.4) is 0 Å². The molecule has 0 amide bonds. The molecule has 0 atom stereocenters. The second-order valence-corrected chi connectivity index (χ2v) is 8.87. The lowest BCUT2D eigenvalue weighted by Gasteiger charge is -2.27. The summed E-state index contributed by atoms with van der Waals surface area (Å²) < 4.78 is 29.0. The minimum absolute atomic E-state index is 0.0104. The van der Waals surface area contributed by atoms with E-state index in [2.05, 4.69) is 68.8 Å². The molecule has 1 saturated carbocycles. The smallest absolute Gasteiger partial charge is 0.207 e. The van der Waals surface area contributed by atoms with Crippen molar-refractivity contribution in [3.8, 4) is 11.3 Å². The Labute approximate surface area is 156 Å². The van der Waals surface area contributed by atoms with Crippen molar-refractivity contribution in [2.45, 2.75) is 70.6 Å². The zero-order chi connectivity index (χ0) is 19.1. The number of pyridine rings is 1. The van der Waals surface area contributed by atoms with Crippen molar-refractivity contribution in [1.82, 2.24) is 0 Å². The maximum absolute atomic E-state index is 13.4. The Balaban J connectivity index is 1.87. The lowest BCUT2D eigenvalue weighted by Crippen LogP contribution is -2.32. The Hall–Kier alpha value is -1.77. The van der Waals surface area contributed by atoms with E-state index in [1.807, 2.05) is 7.05 Å². The van der Waals surface area contributed by atoms with Crippen molar-refractivity contribution in [3.05, 3.63) is 53.2 Å². The molecule has 140 valence electrons. The Morgan fingerprint density at radius 1 is 1.04 bits per heavy atom. The molecule has 1 heterocycles. The first-order valence-electron chi connectivity index (χ1n) is 9.56. The first-order chi connectivity index (χ1) is 12.1. The molecule has 1 aromatic carbocycles. The third kappa shape index (κ3) is 3.97. The predicted octanol–water partition coefficient (Wildman–Crippen LogP) is 6.08. The zero-order valence-corrected chi connectivity index (χ0v) is 16.6. The van der Waals surface area contributed by atoms with Crippen LogP contribution in [0.5, 0.6) is 0 Å². The van der Waals surface area contributed by atoms with Crippen molar-refractivity contribution in [2.75, 3.05) is 0 Å². The number of hydrogen-bond acceptors (Lipinski definition) is 0. The number of benzene rings is 1.